The molecule has 26 heavy (non-hydrogen) atoms. The van der Waals surface area contributed by atoms with Crippen molar-refractivity contribution >= 4 is 0 Å². The SMILES string of the molecule is CC(C)(C)c1ccc2c(c1)Cc1cc(C(C)(C)C)c(C3C=CC=C3)cc1-2. The fourth-order valence-electron chi connectivity index (χ4n) is 4.30. The maximum atomic E-state index is 2.49. The fourth-order valence-corrected chi connectivity index (χ4v) is 4.30. The van der Waals surface area contributed by atoms with Gasteiger partial charge in [0.15, 0.2) is 0 Å². The van der Waals surface area contributed by atoms with E-state index in [0.29, 0.717) is 5.92 Å². The Balaban J connectivity index is 1.87. The van der Waals surface area contributed by atoms with Gasteiger partial charge in [0.2, 0.25) is 0 Å². The van der Waals surface area contributed by atoms with Gasteiger partial charge in [-0.25, -0.2) is 0 Å². The van der Waals surface area contributed by atoms with Crippen LogP contribution in [0.4, 0.5) is 0 Å². The van der Waals surface area contributed by atoms with Crippen molar-refractivity contribution in [1.29, 1.82) is 0 Å². The van der Waals surface area contributed by atoms with Crippen molar-refractivity contribution in [2.45, 2.75) is 64.7 Å². The zero-order valence-corrected chi connectivity index (χ0v) is 17.0. The molecular weight excluding hydrogens is 312 g/mol. The van der Waals surface area contributed by atoms with Crippen LogP contribution < -0.4 is 0 Å². The summed E-state index contributed by atoms with van der Waals surface area (Å²) in [5.74, 6) is 0.410. The third-order valence-corrected chi connectivity index (χ3v) is 5.83. The first-order valence-corrected chi connectivity index (χ1v) is 9.81. The van der Waals surface area contributed by atoms with E-state index in [2.05, 4.69) is 96.2 Å². The van der Waals surface area contributed by atoms with Crippen LogP contribution in [-0.2, 0) is 17.3 Å². The van der Waals surface area contributed by atoms with Gasteiger partial charge < -0.3 is 0 Å². The lowest BCUT2D eigenvalue weighted by molar-refractivity contribution is 0.582. The van der Waals surface area contributed by atoms with Crippen LogP contribution in [0.5, 0.6) is 0 Å². The molecule has 0 heteroatoms. The largest absolute Gasteiger partial charge is 0.0732 e. The molecule has 0 N–H and O–H groups in total. The van der Waals surface area contributed by atoms with E-state index in [1.807, 2.05) is 0 Å². The molecule has 0 bridgehead atoms. The Hall–Kier alpha value is -2.08. The van der Waals surface area contributed by atoms with E-state index in [9.17, 15) is 0 Å². The van der Waals surface area contributed by atoms with Crippen molar-refractivity contribution in [2.24, 2.45) is 0 Å². The van der Waals surface area contributed by atoms with Gasteiger partial charge in [-0.05, 0) is 62.3 Å². The first-order chi connectivity index (χ1) is 12.1. The number of rotatable bonds is 1. The van der Waals surface area contributed by atoms with Gasteiger partial charge in [-0.2, -0.15) is 0 Å². The number of fused-ring (bicyclic) bond motifs is 3. The molecule has 0 unspecified atom stereocenters. The van der Waals surface area contributed by atoms with E-state index in [1.54, 1.807) is 0 Å². The Labute approximate surface area is 158 Å². The normalized spacial score (nSPS) is 16.2. The molecular formula is C26H30. The maximum absolute atomic E-state index is 2.49. The standard InChI is InChI=1S/C26H30/c1-25(2,3)20-11-12-21-18(14-20)13-19-15-24(26(4,5)6)23(16-22(19)21)17-9-7-8-10-17/h7-12,14-17H,13H2,1-6H3. The van der Waals surface area contributed by atoms with Gasteiger partial charge in [-0.1, -0.05) is 90.1 Å². The minimum atomic E-state index is 0.153. The molecule has 4 rings (SSSR count). The highest BCUT2D eigenvalue weighted by Gasteiger charge is 2.28. The second-order valence-electron chi connectivity index (χ2n) is 9.94. The average molecular weight is 343 g/mol. The molecule has 0 heterocycles. The summed E-state index contributed by atoms with van der Waals surface area (Å²) in [5, 5.41) is 0. The zero-order valence-electron chi connectivity index (χ0n) is 17.0. The highest BCUT2D eigenvalue weighted by Crippen LogP contribution is 2.44. The molecule has 2 aliphatic rings. The lowest BCUT2D eigenvalue weighted by Gasteiger charge is -2.26. The van der Waals surface area contributed by atoms with Gasteiger partial charge in [0.1, 0.15) is 0 Å². The van der Waals surface area contributed by atoms with Crippen molar-refractivity contribution in [3.8, 4) is 11.1 Å². The molecule has 0 atom stereocenters. The summed E-state index contributed by atoms with van der Waals surface area (Å²) in [6.07, 6.45) is 10.0. The van der Waals surface area contributed by atoms with Gasteiger partial charge in [0.05, 0.1) is 0 Å². The van der Waals surface area contributed by atoms with Gasteiger partial charge in [-0.3, -0.25) is 0 Å². The lowest BCUT2D eigenvalue weighted by Crippen LogP contribution is -2.16. The Morgan fingerprint density at radius 1 is 0.731 bits per heavy atom. The molecule has 0 aliphatic heterocycles. The Morgan fingerprint density at radius 3 is 2.00 bits per heavy atom. The second-order valence-corrected chi connectivity index (χ2v) is 9.94. The molecule has 134 valence electrons. The van der Waals surface area contributed by atoms with Crippen molar-refractivity contribution in [1.82, 2.24) is 0 Å². The molecule has 0 saturated carbocycles. The van der Waals surface area contributed by atoms with Crippen molar-refractivity contribution in [3.63, 3.8) is 0 Å². The summed E-state index contributed by atoms with van der Waals surface area (Å²) in [7, 11) is 0. The summed E-state index contributed by atoms with van der Waals surface area (Å²) < 4.78 is 0. The van der Waals surface area contributed by atoms with Crippen LogP contribution in [-0.4, -0.2) is 0 Å². The predicted octanol–water partition coefficient (Wildman–Crippen LogP) is 7.06. The molecule has 0 nitrogen and oxygen atoms in total. The molecule has 0 amide bonds. The number of benzene rings is 2. The molecule has 0 saturated heterocycles. The summed E-state index contributed by atoms with van der Waals surface area (Å²) in [4.78, 5) is 0. The van der Waals surface area contributed by atoms with Gasteiger partial charge in [-0.15, -0.1) is 0 Å². The van der Waals surface area contributed by atoms with E-state index in [-0.39, 0.29) is 10.8 Å². The first-order valence-electron chi connectivity index (χ1n) is 9.81. The summed E-state index contributed by atoms with van der Waals surface area (Å²) >= 11 is 0. The van der Waals surface area contributed by atoms with Crippen LogP contribution in [0.1, 0.15) is 75.3 Å². The van der Waals surface area contributed by atoms with Crippen LogP contribution >= 0.6 is 0 Å². The third-order valence-electron chi connectivity index (χ3n) is 5.83. The van der Waals surface area contributed by atoms with Crippen LogP contribution in [0.3, 0.4) is 0 Å². The van der Waals surface area contributed by atoms with E-state index in [4.69, 9.17) is 0 Å². The number of hydrogen-bond donors (Lipinski definition) is 0. The van der Waals surface area contributed by atoms with Crippen LogP contribution in [0.15, 0.2) is 54.6 Å². The van der Waals surface area contributed by atoms with Crippen molar-refractivity contribution in [2.75, 3.05) is 0 Å². The monoisotopic (exact) mass is 342 g/mol. The molecule has 2 aromatic carbocycles. The van der Waals surface area contributed by atoms with Gasteiger partial charge in [0.25, 0.3) is 0 Å². The van der Waals surface area contributed by atoms with Crippen molar-refractivity contribution < 1.29 is 0 Å². The first kappa shape index (κ1) is 17.3. The lowest BCUT2D eigenvalue weighted by atomic mass is 9.78. The average Bonchev–Trinajstić information content (AvgIpc) is 3.18. The minimum absolute atomic E-state index is 0.153. The van der Waals surface area contributed by atoms with E-state index >= 15 is 0 Å². The highest BCUT2D eigenvalue weighted by molar-refractivity contribution is 5.79. The van der Waals surface area contributed by atoms with E-state index in [0.717, 1.165) is 6.42 Å². The summed E-state index contributed by atoms with van der Waals surface area (Å²) in [5.41, 5.74) is 10.6. The van der Waals surface area contributed by atoms with Crippen molar-refractivity contribution in [3.05, 3.63) is 82.5 Å². The third kappa shape index (κ3) is 2.86. The second kappa shape index (κ2) is 5.71. The van der Waals surface area contributed by atoms with Crippen LogP contribution in [0, 0.1) is 0 Å². The fraction of sp³-hybridized carbons (Fsp3) is 0.385. The Bertz CT molecular complexity index is 912. The number of hydrogen-bond acceptors (Lipinski definition) is 0. The number of allylic oxidation sites excluding steroid dienone is 4. The molecule has 0 fully saturated rings. The van der Waals surface area contributed by atoms with Gasteiger partial charge >= 0.3 is 0 Å². The highest BCUT2D eigenvalue weighted by atomic mass is 14.3. The minimum Gasteiger partial charge on any atom is -0.0732 e. The molecule has 0 spiro atoms. The van der Waals surface area contributed by atoms with E-state index < -0.39 is 0 Å². The molecule has 2 aliphatic carbocycles. The van der Waals surface area contributed by atoms with E-state index in [1.165, 1.54) is 38.9 Å². The smallest absolute Gasteiger partial charge is 0.0208 e. The summed E-state index contributed by atoms with van der Waals surface area (Å²) in [6.45, 7) is 13.9. The molecule has 0 aromatic heterocycles. The van der Waals surface area contributed by atoms with Crippen LogP contribution in [0.2, 0.25) is 0 Å². The molecule has 0 radical (unpaired) electrons. The Kier molecular flexibility index (Phi) is 3.81. The maximum Gasteiger partial charge on any atom is 0.0208 e. The Morgan fingerprint density at radius 2 is 1.38 bits per heavy atom. The predicted molar refractivity (Wildman–Crippen MR) is 113 cm³/mol. The topological polar surface area (TPSA) is 0 Å². The summed E-state index contributed by atoms with van der Waals surface area (Å²) in [6, 6.07) is 12.1. The molecule has 2 aromatic rings. The van der Waals surface area contributed by atoms with Gasteiger partial charge in [0, 0.05) is 5.92 Å². The quantitative estimate of drug-likeness (QED) is 0.444. The zero-order chi connectivity index (χ0) is 18.7. The van der Waals surface area contributed by atoms with Crippen LogP contribution in [0.25, 0.3) is 11.1 Å².